The fourth-order valence-corrected chi connectivity index (χ4v) is 5.59. The molecule has 2 N–H and O–H groups in total. The van der Waals surface area contributed by atoms with Gasteiger partial charge in [0.1, 0.15) is 11.8 Å². The van der Waals surface area contributed by atoms with Crippen LogP contribution in [-0.2, 0) is 19.6 Å². The van der Waals surface area contributed by atoms with E-state index in [1.54, 1.807) is 19.1 Å². The van der Waals surface area contributed by atoms with E-state index in [2.05, 4.69) is 10.6 Å². The normalized spacial score (nSPS) is 21.7. The van der Waals surface area contributed by atoms with Gasteiger partial charge in [0.25, 0.3) is 0 Å². The predicted octanol–water partition coefficient (Wildman–Crippen LogP) is 1.66. The Hall–Kier alpha value is -2.13. The summed E-state index contributed by atoms with van der Waals surface area (Å²) in [5.74, 6) is -0.365. The molecule has 8 nitrogen and oxygen atoms in total. The number of amides is 2. The standard InChI is InChI=1S/C21H31N3O5S/c1-15(20(25)23-17-7-3-4-8-17)22-21(26)16-6-5-13-24(14-16)30(27,28)19-11-9-18(29-2)10-12-19/h9-12,15-17H,3-8,13-14H2,1-2H3,(H,22,26)(H,23,25)/t15-,16+/m1/s1. The molecule has 1 aliphatic carbocycles. The van der Waals surface area contributed by atoms with Crippen molar-refractivity contribution in [1.29, 1.82) is 0 Å². The molecule has 30 heavy (non-hydrogen) atoms. The lowest BCUT2D eigenvalue weighted by Gasteiger charge is -2.31. The Morgan fingerprint density at radius 3 is 2.40 bits per heavy atom. The van der Waals surface area contributed by atoms with Gasteiger partial charge in [-0.2, -0.15) is 4.31 Å². The second kappa shape index (κ2) is 9.78. The molecule has 1 saturated carbocycles. The van der Waals surface area contributed by atoms with Gasteiger partial charge < -0.3 is 15.4 Å². The summed E-state index contributed by atoms with van der Waals surface area (Å²) in [6.45, 7) is 2.14. The highest BCUT2D eigenvalue weighted by molar-refractivity contribution is 7.89. The molecule has 0 aromatic heterocycles. The Labute approximate surface area is 178 Å². The second-order valence-corrected chi connectivity index (χ2v) is 10.0. The van der Waals surface area contributed by atoms with Crippen LogP contribution in [0, 0.1) is 5.92 Å². The van der Waals surface area contributed by atoms with Crippen molar-refractivity contribution in [2.45, 2.75) is 62.4 Å². The Kier molecular flexibility index (Phi) is 7.36. The van der Waals surface area contributed by atoms with Crippen molar-refractivity contribution in [1.82, 2.24) is 14.9 Å². The third kappa shape index (κ3) is 5.31. The first-order valence-electron chi connectivity index (χ1n) is 10.6. The van der Waals surface area contributed by atoms with Crippen LogP contribution < -0.4 is 15.4 Å². The van der Waals surface area contributed by atoms with E-state index < -0.39 is 22.0 Å². The fraction of sp³-hybridized carbons (Fsp3) is 0.619. The number of piperidine rings is 1. The first kappa shape index (κ1) is 22.6. The average molecular weight is 438 g/mol. The summed E-state index contributed by atoms with van der Waals surface area (Å²) >= 11 is 0. The zero-order valence-electron chi connectivity index (χ0n) is 17.6. The first-order chi connectivity index (χ1) is 14.3. The fourth-order valence-electron chi connectivity index (χ4n) is 4.06. The van der Waals surface area contributed by atoms with Gasteiger partial charge in [0.05, 0.1) is 17.9 Å². The molecule has 3 rings (SSSR count). The smallest absolute Gasteiger partial charge is 0.243 e. The van der Waals surface area contributed by atoms with Crippen molar-refractivity contribution in [3.05, 3.63) is 24.3 Å². The molecule has 2 amide bonds. The molecule has 1 aromatic rings. The van der Waals surface area contributed by atoms with Crippen LogP contribution in [0.5, 0.6) is 5.75 Å². The van der Waals surface area contributed by atoms with Gasteiger partial charge in [-0.3, -0.25) is 9.59 Å². The number of nitrogens with one attached hydrogen (secondary N) is 2. The molecule has 2 fully saturated rings. The molecule has 1 saturated heterocycles. The molecule has 1 aliphatic heterocycles. The van der Waals surface area contributed by atoms with Crippen LogP contribution in [0.15, 0.2) is 29.2 Å². The quantitative estimate of drug-likeness (QED) is 0.675. The number of nitrogens with zero attached hydrogens (tertiary/aromatic N) is 1. The van der Waals surface area contributed by atoms with Crippen molar-refractivity contribution in [3.8, 4) is 5.75 Å². The van der Waals surface area contributed by atoms with Crippen LogP contribution in [0.3, 0.4) is 0 Å². The third-order valence-corrected chi connectivity index (χ3v) is 7.79. The lowest BCUT2D eigenvalue weighted by atomic mass is 9.98. The Balaban J connectivity index is 1.58. The monoisotopic (exact) mass is 437 g/mol. The Bertz CT molecular complexity index is 850. The van der Waals surface area contributed by atoms with E-state index in [1.165, 1.54) is 23.5 Å². The van der Waals surface area contributed by atoms with Gasteiger partial charge in [-0.1, -0.05) is 12.8 Å². The number of benzene rings is 1. The summed E-state index contributed by atoms with van der Waals surface area (Å²) in [7, 11) is -2.18. The van der Waals surface area contributed by atoms with Gasteiger partial charge in [-0.15, -0.1) is 0 Å². The number of hydrogen-bond donors (Lipinski definition) is 2. The minimum absolute atomic E-state index is 0.108. The maximum atomic E-state index is 13.0. The number of sulfonamides is 1. The van der Waals surface area contributed by atoms with E-state index in [9.17, 15) is 18.0 Å². The van der Waals surface area contributed by atoms with Gasteiger partial charge in [-0.25, -0.2) is 8.42 Å². The van der Waals surface area contributed by atoms with Gasteiger partial charge in [0.2, 0.25) is 21.8 Å². The van der Waals surface area contributed by atoms with Crippen LogP contribution in [-0.4, -0.2) is 56.8 Å². The summed E-state index contributed by atoms with van der Waals surface area (Å²) < 4.78 is 32.4. The molecule has 2 atom stereocenters. The summed E-state index contributed by atoms with van der Waals surface area (Å²) in [6, 6.07) is 5.76. The third-order valence-electron chi connectivity index (χ3n) is 5.91. The van der Waals surface area contributed by atoms with Gasteiger partial charge >= 0.3 is 0 Å². The molecular formula is C21H31N3O5S. The molecule has 2 aliphatic rings. The van der Waals surface area contributed by atoms with Crippen LogP contribution in [0.1, 0.15) is 45.4 Å². The molecule has 0 unspecified atom stereocenters. The van der Waals surface area contributed by atoms with E-state index in [0.29, 0.717) is 25.1 Å². The van der Waals surface area contributed by atoms with Crippen molar-refractivity contribution in [3.63, 3.8) is 0 Å². The van der Waals surface area contributed by atoms with Crippen LogP contribution in [0.4, 0.5) is 0 Å². The lowest BCUT2D eigenvalue weighted by molar-refractivity contribution is -0.131. The first-order valence-corrected chi connectivity index (χ1v) is 12.0. The molecule has 0 bridgehead atoms. The number of carbonyl (C=O) groups is 2. The zero-order chi connectivity index (χ0) is 21.7. The topological polar surface area (TPSA) is 105 Å². The number of carbonyl (C=O) groups excluding carboxylic acids is 2. The Morgan fingerprint density at radius 2 is 1.77 bits per heavy atom. The molecule has 1 aromatic carbocycles. The highest BCUT2D eigenvalue weighted by Crippen LogP contribution is 2.25. The lowest BCUT2D eigenvalue weighted by Crippen LogP contribution is -2.51. The van der Waals surface area contributed by atoms with E-state index >= 15 is 0 Å². The van der Waals surface area contributed by atoms with Crippen molar-refractivity contribution in [2.75, 3.05) is 20.2 Å². The minimum Gasteiger partial charge on any atom is -0.497 e. The van der Waals surface area contributed by atoms with Gasteiger partial charge in [-0.05, 0) is 56.9 Å². The molecular weight excluding hydrogens is 406 g/mol. The van der Waals surface area contributed by atoms with Crippen molar-refractivity contribution in [2.24, 2.45) is 5.92 Å². The number of ether oxygens (including phenoxy) is 1. The van der Waals surface area contributed by atoms with Gasteiger partial charge in [0.15, 0.2) is 0 Å². The number of hydrogen-bond acceptors (Lipinski definition) is 5. The SMILES string of the molecule is COc1ccc(S(=O)(=O)N2CCC[C@H](C(=O)N[C@H](C)C(=O)NC3CCCC3)C2)cc1. The predicted molar refractivity (Wildman–Crippen MR) is 112 cm³/mol. The highest BCUT2D eigenvalue weighted by Gasteiger charge is 2.34. The molecule has 9 heteroatoms. The van der Waals surface area contributed by atoms with Crippen molar-refractivity contribution < 1.29 is 22.7 Å². The summed E-state index contributed by atoms with van der Waals surface area (Å²) in [6.07, 6.45) is 5.38. The van der Waals surface area contributed by atoms with E-state index in [1.807, 2.05) is 0 Å². The summed E-state index contributed by atoms with van der Waals surface area (Å²) in [4.78, 5) is 25.2. The second-order valence-electron chi connectivity index (χ2n) is 8.10. The number of methoxy groups -OCH3 is 1. The minimum atomic E-state index is -3.70. The zero-order valence-corrected chi connectivity index (χ0v) is 18.4. The van der Waals surface area contributed by atoms with E-state index in [-0.39, 0.29) is 29.3 Å². The largest absolute Gasteiger partial charge is 0.497 e. The maximum absolute atomic E-state index is 13.0. The van der Waals surface area contributed by atoms with Crippen LogP contribution >= 0.6 is 0 Å². The Morgan fingerprint density at radius 1 is 1.10 bits per heavy atom. The number of rotatable bonds is 7. The summed E-state index contributed by atoms with van der Waals surface area (Å²) in [5, 5.41) is 5.74. The molecule has 1 heterocycles. The maximum Gasteiger partial charge on any atom is 0.243 e. The molecule has 0 spiro atoms. The van der Waals surface area contributed by atoms with E-state index in [4.69, 9.17) is 4.74 Å². The van der Waals surface area contributed by atoms with Crippen LogP contribution in [0.2, 0.25) is 0 Å². The van der Waals surface area contributed by atoms with Gasteiger partial charge in [0, 0.05) is 19.1 Å². The van der Waals surface area contributed by atoms with Crippen LogP contribution in [0.25, 0.3) is 0 Å². The summed E-state index contributed by atoms with van der Waals surface area (Å²) in [5.41, 5.74) is 0. The van der Waals surface area contributed by atoms with E-state index in [0.717, 1.165) is 25.7 Å². The van der Waals surface area contributed by atoms with Crippen molar-refractivity contribution >= 4 is 21.8 Å². The molecule has 0 radical (unpaired) electrons. The average Bonchev–Trinajstić information content (AvgIpc) is 3.26. The molecule has 166 valence electrons. The highest BCUT2D eigenvalue weighted by atomic mass is 32.2.